The highest BCUT2D eigenvalue weighted by molar-refractivity contribution is 6.15. The molecule has 0 spiro atoms. The summed E-state index contributed by atoms with van der Waals surface area (Å²) in [6.45, 7) is 0. The molecule has 106 valence electrons. The van der Waals surface area contributed by atoms with E-state index in [9.17, 15) is 4.79 Å². The Hall–Kier alpha value is -3.15. The summed E-state index contributed by atoms with van der Waals surface area (Å²) in [6, 6.07) is 16.8. The molecule has 1 aromatic heterocycles. The molecule has 0 radical (unpaired) electrons. The van der Waals surface area contributed by atoms with E-state index in [1.807, 2.05) is 48.5 Å². The van der Waals surface area contributed by atoms with Gasteiger partial charge in [-0.2, -0.15) is 4.68 Å². The molecule has 4 rings (SSSR count). The van der Waals surface area contributed by atoms with E-state index in [4.69, 9.17) is 0 Å². The lowest BCUT2D eigenvalue weighted by molar-refractivity contribution is 0.0980. The molecule has 2 heterocycles. The molecule has 0 aliphatic carbocycles. The third-order valence-corrected chi connectivity index (χ3v) is 3.59. The number of carbonyl (C=O) groups is 1. The first-order valence-electron chi connectivity index (χ1n) is 6.86. The van der Waals surface area contributed by atoms with Gasteiger partial charge in [-0.05, 0) is 34.7 Å². The summed E-state index contributed by atoms with van der Waals surface area (Å²) in [5.74, 6) is -0.155. The topological polar surface area (TPSA) is 73.0 Å². The summed E-state index contributed by atoms with van der Waals surface area (Å²) in [4.78, 5) is 17.1. The average molecular weight is 289 g/mol. The van der Waals surface area contributed by atoms with E-state index in [1.165, 1.54) is 0 Å². The minimum absolute atomic E-state index is 0.0439. The molecule has 1 unspecified atom stereocenters. The number of hydrogen-bond donors (Lipinski definition) is 0. The van der Waals surface area contributed by atoms with Crippen LogP contribution in [-0.2, 0) is 0 Å². The minimum Gasteiger partial charge on any atom is -0.293 e. The highest BCUT2D eigenvalue weighted by Gasteiger charge is 2.30. The fourth-order valence-corrected chi connectivity index (χ4v) is 2.51. The Bertz CT molecular complexity index is 869. The Morgan fingerprint density at radius 1 is 0.955 bits per heavy atom. The van der Waals surface area contributed by atoms with Crippen molar-refractivity contribution in [1.29, 1.82) is 0 Å². The molecule has 22 heavy (non-hydrogen) atoms. The summed E-state index contributed by atoms with van der Waals surface area (Å²) >= 11 is 0. The molecule has 0 N–H and O–H groups in total. The first-order valence-corrected chi connectivity index (χ1v) is 6.86. The molecule has 6 nitrogen and oxygen atoms in total. The highest BCUT2D eigenvalue weighted by Crippen LogP contribution is 2.30. The molecule has 0 bridgehead atoms. The van der Waals surface area contributed by atoms with Gasteiger partial charge in [0.2, 0.25) is 0 Å². The van der Waals surface area contributed by atoms with Crippen molar-refractivity contribution >= 4 is 17.7 Å². The molecule has 3 aromatic rings. The molecule has 0 fully saturated rings. The van der Waals surface area contributed by atoms with E-state index in [-0.39, 0.29) is 5.78 Å². The second-order valence-corrected chi connectivity index (χ2v) is 4.92. The molecule has 2 aromatic carbocycles. The maximum Gasteiger partial charge on any atom is 0.181 e. The number of Topliss-reactive ketones (excluding diaryl/α,β-unsaturated/α-hetero) is 1. The van der Waals surface area contributed by atoms with Crippen LogP contribution in [0.4, 0.5) is 5.69 Å². The first-order chi connectivity index (χ1) is 10.8. The molecule has 1 aliphatic heterocycles. The monoisotopic (exact) mass is 289 g/mol. The fraction of sp³-hybridized carbons (Fsp3) is 0.0625. The molecule has 6 heteroatoms. The Morgan fingerprint density at radius 3 is 2.59 bits per heavy atom. The quantitative estimate of drug-likeness (QED) is 0.726. The maximum atomic E-state index is 12.7. The molecule has 1 atom stereocenters. The zero-order valence-corrected chi connectivity index (χ0v) is 11.5. The van der Waals surface area contributed by atoms with Crippen LogP contribution in [0.2, 0.25) is 0 Å². The smallest absolute Gasteiger partial charge is 0.181 e. The van der Waals surface area contributed by atoms with Gasteiger partial charge in [0.05, 0.1) is 11.4 Å². The summed E-state index contributed by atoms with van der Waals surface area (Å²) < 4.78 is 1.57. The first kappa shape index (κ1) is 12.6. The van der Waals surface area contributed by atoms with Crippen molar-refractivity contribution in [1.82, 2.24) is 20.2 Å². The van der Waals surface area contributed by atoms with E-state index >= 15 is 0 Å². The number of benzene rings is 2. The molecule has 1 aliphatic rings. The van der Waals surface area contributed by atoms with Crippen LogP contribution in [0.1, 0.15) is 22.1 Å². The molecule has 0 amide bonds. The van der Waals surface area contributed by atoms with E-state index in [0.29, 0.717) is 17.1 Å². The van der Waals surface area contributed by atoms with Crippen LogP contribution < -0.4 is 0 Å². The molecule has 0 saturated heterocycles. The number of para-hydroxylation sites is 2. The van der Waals surface area contributed by atoms with Gasteiger partial charge < -0.3 is 0 Å². The number of aliphatic imine (C=N–C) groups is 1. The van der Waals surface area contributed by atoms with Gasteiger partial charge in [-0.15, -0.1) is 5.10 Å². The third-order valence-electron chi connectivity index (χ3n) is 3.59. The number of ketones is 1. The van der Waals surface area contributed by atoms with Crippen molar-refractivity contribution < 1.29 is 4.79 Å². The number of fused-ring (bicyclic) bond motifs is 1. The number of tetrazole rings is 1. The number of aromatic nitrogens is 4. The minimum atomic E-state index is -0.579. The lowest BCUT2D eigenvalue weighted by Crippen LogP contribution is -2.21. The van der Waals surface area contributed by atoms with Crippen molar-refractivity contribution in [3.8, 4) is 5.69 Å². The SMILES string of the molecule is O=C1c2ccccc2N=CC1c1nnnn1-c1ccccc1. The van der Waals surface area contributed by atoms with Crippen molar-refractivity contribution in [2.24, 2.45) is 4.99 Å². The van der Waals surface area contributed by atoms with Crippen LogP contribution in [0.25, 0.3) is 5.69 Å². The maximum absolute atomic E-state index is 12.7. The van der Waals surface area contributed by atoms with Gasteiger partial charge in [0.15, 0.2) is 11.6 Å². The summed E-state index contributed by atoms with van der Waals surface area (Å²) in [5, 5.41) is 11.7. The van der Waals surface area contributed by atoms with Crippen molar-refractivity contribution in [3.05, 3.63) is 66.0 Å². The van der Waals surface area contributed by atoms with Crippen LogP contribution in [0.15, 0.2) is 59.6 Å². The zero-order chi connectivity index (χ0) is 14.9. The van der Waals surface area contributed by atoms with Crippen LogP contribution >= 0.6 is 0 Å². The Labute approximate surface area is 126 Å². The van der Waals surface area contributed by atoms with Gasteiger partial charge in [-0.25, -0.2) is 0 Å². The number of rotatable bonds is 2. The average Bonchev–Trinajstić information content (AvgIpc) is 3.06. The van der Waals surface area contributed by atoms with Crippen molar-refractivity contribution in [3.63, 3.8) is 0 Å². The van der Waals surface area contributed by atoms with Crippen LogP contribution in [0, 0.1) is 0 Å². The van der Waals surface area contributed by atoms with Crippen molar-refractivity contribution in [2.75, 3.05) is 0 Å². The van der Waals surface area contributed by atoms with Crippen LogP contribution in [0.3, 0.4) is 0 Å². The third kappa shape index (κ3) is 1.93. The summed E-state index contributed by atoms with van der Waals surface area (Å²) in [6.07, 6.45) is 1.61. The summed E-state index contributed by atoms with van der Waals surface area (Å²) in [5.41, 5.74) is 2.09. The number of hydrogen-bond acceptors (Lipinski definition) is 5. The van der Waals surface area contributed by atoms with Gasteiger partial charge in [0, 0.05) is 11.8 Å². The van der Waals surface area contributed by atoms with Gasteiger partial charge in [-0.3, -0.25) is 9.79 Å². The Morgan fingerprint density at radius 2 is 1.73 bits per heavy atom. The number of nitrogens with zero attached hydrogens (tertiary/aromatic N) is 5. The lowest BCUT2D eigenvalue weighted by atomic mass is 9.94. The normalized spacial score (nSPS) is 16.5. The molecular weight excluding hydrogens is 278 g/mol. The Balaban J connectivity index is 1.80. The van der Waals surface area contributed by atoms with Crippen LogP contribution in [-0.4, -0.2) is 32.2 Å². The summed E-state index contributed by atoms with van der Waals surface area (Å²) in [7, 11) is 0. The van der Waals surface area contributed by atoms with Gasteiger partial charge in [0.25, 0.3) is 0 Å². The van der Waals surface area contributed by atoms with E-state index in [1.54, 1.807) is 17.0 Å². The van der Waals surface area contributed by atoms with Crippen molar-refractivity contribution in [2.45, 2.75) is 5.92 Å². The van der Waals surface area contributed by atoms with E-state index < -0.39 is 5.92 Å². The lowest BCUT2D eigenvalue weighted by Gasteiger charge is -2.16. The standard InChI is InChI=1S/C16H11N5O/c22-15-12-8-4-5-9-14(12)17-10-13(15)16-18-19-20-21(16)11-6-2-1-3-7-11/h1-10,13H. The predicted molar refractivity (Wildman–Crippen MR) is 80.8 cm³/mol. The van der Waals surface area contributed by atoms with E-state index in [0.717, 1.165) is 5.69 Å². The number of carbonyl (C=O) groups excluding carboxylic acids is 1. The highest BCUT2D eigenvalue weighted by atomic mass is 16.1. The van der Waals surface area contributed by atoms with Gasteiger partial charge in [-0.1, -0.05) is 30.3 Å². The van der Waals surface area contributed by atoms with Crippen LogP contribution in [0.5, 0.6) is 0 Å². The second-order valence-electron chi connectivity index (χ2n) is 4.92. The second kappa shape index (κ2) is 5.00. The Kier molecular flexibility index (Phi) is 2.86. The molecule has 0 saturated carbocycles. The molecular formula is C16H11N5O. The predicted octanol–water partition coefficient (Wildman–Crippen LogP) is 2.34. The fourth-order valence-electron chi connectivity index (χ4n) is 2.51. The van der Waals surface area contributed by atoms with E-state index in [2.05, 4.69) is 20.5 Å². The van der Waals surface area contributed by atoms with Gasteiger partial charge >= 0.3 is 0 Å². The van der Waals surface area contributed by atoms with Gasteiger partial charge in [0.1, 0.15) is 5.92 Å². The zero-order valence-electron chi connectivity index (χ0n) is 11.5. The largest absolute Gasteiger partial charge is 0.293 e.